The number of aliphatic hydroxyl groups is 2. The molecule has 0 aromatic carbocycles. The Morgan fingerprint density at radius 3 is 0.843 bits per heavy atom. The maximum absolute atomic E-state index is 12.5. The third kappa shape index (κ3) is 69.5. The van der Waals surface area contributed by atoms with Crippen molar-refractivity contribution in [3.8, 4) is 0 Å². The summed E-state index contributed by atoms with van der Waals surface area (Å²) in [5.74, 6) is -0.0759. The summed E-state index contributed by atoms with van der Waals surface area (Å²) in [7, 11) is 0. The van der Waals surface area contributed by atoms with Gasteiger partial charge in [0, 0.05) is 6.42 Å². The molecule has 0 aromatic heterocycles. The Kier molecular flexibility index (Phi) is 70.2. The van der Waals surface area contributed by atoms with Crippen LogP contribution in [0.15, 0.2) is 122 Å². The molecular weight excluding hydrogens is 1010 g/mol. The van der Waals surface area contributed by atoms with Crippen LogP contribution >= 0.6 is 0 Å². The average molecular weight is 1150 g/mol. The first-order valence-corrected chi connectivity index (χ1v) is 36.2. The predicted octanol–water partition coefficient (Wildman–Crippen LogP) is 25.1. The lowest BCUT2D eigenvalue weighted by Crippen LogP contribution is -2.45. The molecule has 0 fully saturated rings. The SMILES string of the molecule is CC/C=C\C/C=C\C/C=C\C/C=C\C/C=C\C/C=C\C/C=C\CCCCCCCCCCCCCCCCCCCCCC(=O)NC(CO)C(O)/C=C/CC/C=C/CC/C=C/CCCCCCCCCCCCCCCCCCCCCC. The standard InChI is InChI=1S/C79H139NO3/c1-3-5-7-9-11-13-15-17-19-21-23-25-27-29-31-33-35-36-37-38-39-40-41-42-43-44-45-47-49-51-53-55-57-59-61-63-65-67-69-71-73-75-79(83)80-77(76-81)78(82)74-72-70-68-66-64-62-60-58-56-54-52-50-48-46-34-32-30-28-26-24-22-20-18-16-14-12-10-8-6-4-2/h5,7,11,13,17,19,23,25,29,31,35-36,38-39,56,58,64,66,72,74,77-78,81-82H,3-4,6,8-10,12,14-16,18,20-22,24,26-28,30,32-34,37,40-55,57,59-63,65,67-71,73,75-76H2,1-2H3,(H,80,83)/b7-5-,13-11-,19-17-,25-23-,31-29-,36-35-,39-38-,58-56+,66-64+,74-72+. The van der Waals surface area contributed by atoms with E-state index in [0.29, 0.717) is 6.42 Å². The van der Waals surface area contributed by atoms with E-state index in [1.165, 1.54) is 250 Å². The van der Waals surface area contributed by atoms with Crippen LogP contribution in [0.4, 0.5) is 0 Å². The van der Waals surface area contributed by atoms with Crippen molar-refractivity contribution >= 4 is 5.91 Å². The van der Waals surface area contributed by atoms with Gasteiger partial charge in [-0.05, 0) is 103 Å². The second-order valence-electron chi connectivity index (χ2n) is 24.3. The number of amides is 1. The number of nitrogens with one attached hydrogen (secondary N) is 1. The molecule has 0 heterocycles. The van der Waals surface area contributed by atoms with Gasteiger partial charge in [-0.25, -0.2) is 0 Å². The van der Waals surface area contributed by atoms with Gasteiger partial charge in [-0.3, -0.25) is 4.79 Å². The molecule has 0 aliphatic rings. The van der Waals surface area contributed by atoms with Crippen LogP contribution in [0.1, 0.15) is 354 Å². The van der Waals surface area contributed by atoms with E-state index in [1.807, 2.05) is 6.08 Å². The molecule has 0 aromatic rings. The maximum Gasteiger partial charge on any atom is 0.220 e. The van der Waals surface area contributed by atoms with Gasteiger partial charge in [-0.15, -0.1) is 0 Å². The molecule has 0 aliphatic heterocycles. The summed E-state index contributed by atoms with van der Waals surface area (Å²) in [6, 6.07) is -0.653. The van der Waals surface area contributed by atoms with Crippen LogP contribution in [0, 0.1) is 0 Å². The van der Waals surface area contributed by atoms with Crippen LogP contribution < -0.4 is 5.32 Å². The van der Waals surface area contributed by atoms with E-state index in [-0.39, 0.29) is 12.5 Å². The summed E-state index contributed by atoms with van der Waals surface area (Å²) < 4.78 is 0. The number of aliphatic hydroxyl groups excluding tert-OH is 2. The van der Waals surface area contributed by atoms with Crippen LogP contribution in [0.2, 0.25) is 0 Å². The second-order valence-corrected chi connectivity index (χ2v) is 24.3. The smallest absolute Gasteiger partial charge is 0.220 e. The van der Waals surface area contributed by atoms with Crippen molar-refractivity contribution in [2.45, 2.75) is 366 Å². The van der Waals surface area contributed by atoms with Crippen molar-refractivity contribution < 1.29 is 15.0 Å². The molecule has 0 saturated heterocycles. The lowest BCUT2D eigenvalue weighted by molar-refractivity contribution is -0.123. The Bertz CT molecular complexity index is 1590. The van der Waals surface area contributed by atoms with Gasteiger partial charge in [0.25, 0.3) is 0 Å². The van der Waals surface area contributed by atoms with Crippen molar-refractivity contribution in [3.63, 3.8) is 0 Å². The summed E-state index contributed by atoms with van der Waals surface area (Å²) in [5, 5.41) is 23.3. The Balaban J connectivity index is 3.52. The van der Waals surface area contributed by atoms with Crippen molar-refractivity contribution in [3.05, 3.63) is 122 Å². The van der Waals surface area contributed by atoms with Crippen LogP contribution in [0.5, 0.6) is 0 Å². The van der Waals surface area contributed by atoms with Gasteiger partial charge in [0.2, 0.25) is 5.91 Å². The zero-order valence-corrected chi connectivity index (χ0v) is 55.2. The first-order chi connectivity index (χ1) is 41.2. The molecule has 1 amide bonds. The Morgan fingerprint density at radius 2 is 0.542 bits per heavy atom. The van der Waals surface area contributed by atoms with Crippen molar-refractivity contribution in [2.24, 2.45) is 0 Å². The van der Waals surface area contributed by atoms with Gasteiger partial charge < -0.3 is 15.5 Å². The molecule has 3 N–H and O–H groups in total. The zero-order valence-electron chi connectivity index (χ0n) is 55.2. The van der Waals surface area contributed by atoms with E-state index in [4.69, 9.17) is 0 Å². The highest BCUT2D eigenvalue weighted by atomic mass is 16.3. The second kappa shape index (κ2) is 73.0. The van der Waals surface area contributed by atoms with E-state index in [2.05, 4.69) is 129 Å². The largest absolute Gasteiger partial charge is 0.394 e. The van der Waals surface area contributed by atoms with Crippen molar-refractivity contribution in [1.29, 1.82) is 0 Å². The first-order valence-electron chi connectivity index (χ1n) is 36.2. The third-order valence-electron chi connectivity index (χ3n) is 16.2. The zero-order chi connectivity index (χ0) is 59.8. The fraction of sp³-hybridized carbons (Fsp3) is 0.734. The van der Waals surface area contributed by atoms with Gasteiger partial charge in [0.15, 0.2) is 0 Å². The maximum atomic E-state index is 12.5. The number of hydrogen-bond donors (Lipinski definition) is 3. The normalized spacial score (nSPS) is 13.4. The minimum Gasteiger partial charge on any atom is -0.394 e. The summed E-state index contributed by atoms with van der Waals surface area (Å²) in [6.07, 6.45) is 112. The molecule has 4 heteroatoms. The first kappa shape index (κ1) is 79.8. The quantitative estimate of drug-likeness (QED) is 0.0420. The minimum atomic E-state index is -0.877. The van der Waals surface area contributed by atoms with E-state index in [9.17, 15) is 15.0 Å². The minimum absolute atomic E-state index is 0.0759. The van der Waals surface area contributed by atoms with Gasteiger partial charge in [-0.1, -0.05) is 367 Å². The molecule has 478 valence electrons. The number of carbonyl (C=O) groups is 1. The van der Waals surface area contributed by atoms with E-state index in [1.54, 1.807) is 6.08 Å². The van der Waals surface area contributed by atoms with E-state index < -0.39 is 12.1 Å². The molecular formula is C79H139NO3. The monoisotopic (exact) mass is 1150 g/mol. The molecule has 0 radical (unpaired) electrons. The third-order valence-corrected chi connectivity index (χ3v) is 16.2. The molecule has 0 spiro atoms. The average Bonchev–Trinajstić information content (AvgIpc) is 3.51. The van der Waals surface area contributed by atoms with Gasteiger partial charge >= 0.3 is 0 Å². The Hall–Kier alpha value is -3.21. The predicted molar refractivity (Wildman–Crippen MR) is 372 cm³/mol. The fourth-order valence-corrected chi connectivity index (χ4v) is 10.7. The highest BCUT2D eigenvalue weighted by Gasteiger charge is 2.18. The van der Waals surface area contributed by atoms with Gasteiger partial charge in [0.1, 0.15) is 0 Å². The Morgan fingerprint density at radius 1 is 0.301 bits per heavy atom. The Labute approximate surface area is 518 Å². The lowest BCUT2D eigenvalue weighted by atomic mass is 10.0. The highest BCUT2D eigenvalue weighted by Crippen LogP contribution is 2.18. The highest BCUT2D eigenvalue weighted by molar-refractivity contribution is 5.76. The number of carbonyl (C=O) groups excluding carboxylic acids is 1. The van der Waals surface area contributed by atoms with Crippen LogP contribution in [-0.2, 0) is 4.79 Å². The number of rotatable bonds is 66. The lowest BCUT2D eigenvalue weighted by Gasteiger charge is -2.19. The van der Waals surface area contributed by atoms with Crippen LogP contribution in [0.25, 0.3) is 0 Å². The van der Waals surface area contributed by atoms with Gasteiger partial charge in [0.05, 0.1) is 18.8 Å². The van der Waals surface area contributed by atoms with Crippen LogP contribution in [-0.4, -0.2) is 34.9 Å². The molecule has 0 bridgehead atoms. The number of unbranched alkanes of at least 4 members (excludes halogenated alkanes) is 41. The summed E-state index contributed by atoms with van der Waals surface area (Å²) in [6.45, 7) is 4.21. The summed E-state index contributed by atoms with van der Waals surface area (Å²) in [5.41, 5.74) is 0. The molecule has 2 unspecified atom stereocenters. The molecule has 4 nitrogen and oxygen atoms in total. The molecule has 0 saturated carbocycles. The molecule has 2 atom stereocenters. The topological polar surface area (TPSA) is 69.6 Å². The summed E-state index contributed by atoms with van der Waals surface area (Å²) in [4.78, 5) is 12.5. The number of hydrogen-bond acceptors (Lipinski definition) is 3. The van der Waals surface area contributed by atoms with Gasteiger partial charge in [-0.2, -0.15) is 0 Å². The van der Waals surface area contributed by atoms with Crippen molar-refractivity contribution in [1.82, 2.24) is 5.32 Å². The number of allylic oxidation sites excluding steroid dienone is 19. The fourth-order valence-electron chi connectivity index (χ4n) is 10.7. The summed E-state index contributed by atoms with van der Waals surface area (Å²) >= 11 is 0. The van der Waals surface area contributed by atoms with Crippen LogP contribution in [0.3, 0.4) is 0 Å². The van der Waals surface area contributed by atoms with E-state index in [0.717, 1.165) is 83.5 Å². The molecule has 83 heavy (non-hydrogen) atoms. The van der Waals surface area contributed by atoms with E-state index >= 15 is 0 Å². The van der Waals surface area contributed by atoms with Crippen molar-refractivity contribution in [2.75, 3.05) is 6.61 Å². The molecule has 0 aliphatic carbocycles. The molecule has 0 rings (SSSR count).